The van der Waals surface area contributed by atoms with Gasteiger partial charge in [-0.3, -0.25) is 13.9 Å². The number of thiophene rings is 1. The summed E-state index contributed by atoms with van der Waals surface area (Å²) in [6, 6.07) is 7.62. The van der Waals surface area contributed by atoms with Crippen LogP contribution >= 0.6 is 11.3 Å². The van der Waals surface area contributed by atoms with Crippen LogP contribution in [0, 0.1) is 18.8 Å². The lowest BCUT2D eigenvalue weighted by Gasteiger charge is -2.28. The predicted octanol–water partition coefficient (Wildman–Crippen LogP) is 4.23. The smallest absolute Gasteiger partial charge is 0.332 e. The first-order valence-corrected chi connectivity index (χ1v) is 15.2. The van der Waals surface area contributed by atoms with Gasteiger partial charge in [0.05, 0.1) is 54.5 Å². The van der Waals surface area contributed by atoms with Crippen LogP contribution < -0.4 is 16.0 Å². The summed E-state index contributed by atoms with van der Waals surface area (Å²) in [5.74, 6) is 1.87. The molecule has 2 saturated carbocycles. The van der Waals surface area contributed by atoms with Crippen molar-refractivity contribution >= 4 is 21.6 Å². The normalized spacial score (nSPS) is 23.0. The minimum Gasteiger partial charge on any atom is -0.496 e. The molecule has 4 aromatic rings. The van der Waals surface area contributed by atoms with E-state index < -0.39 is 29.5 Å². The Bertz CT molecular complexity index is 1690. The maximum Gasteiger partial charge on any atom is 0.332 e. The lowest BCUT2D eigenvalue weighted by atomic mass is 10.0. The molecule has 2 fully saturated rings. The van der Waals surface area contributed by atoms with Gasteiger partial charge in [0.1, 0.15) is 22.9 Å². The number of oxazole rings is 1. The first kappa shape index (κ1) is 28.9. The van der Waals surface area contributed by atoms with E-state index in [1.165, 1.54) is 17.6 Å². The zero-order valence-electron chi connectivity index (χ0n) is 24.3. The van der Waals surface area contributed by atoms with Gasteiger partial charge in [0.15, 0.2) is 0 Å². The highest BCUT2D eigenvalue weighted by atomic mass is 32.1. The van der Waals surface area contributed by atoms with E-state index in [2.05, 4.69) is 4.98 Å². The number of methoxy groups -OCH3 is 1. The molecule has 3 aromatic heterocycles. The summed E-state index contributed by atoms with van der Waals surface area (Å²) in [5.41, 5.74) is -0.671. The average Bonchev–Trinajstić information content (AvgIpc) is 3.74. The summed E-state index contributed by atoms with van der Waals surface area (Å²) in [7, 11) is 1.61. The van der Waals surface area contributed by atoms with E-state index in [9.17, 15) is 19.8 Å². The lowest BCUT2D eigenvalue weighted by molar-refractivity contribution is -0.0255. The molecular formula is C31H37N3O7S. The van der Waals surface area contributed by atoms with E-state index in [4.69, 9.17) is 13.9 Å². The van der Waals surface area contributed by atoms with Crippen molar-refractivity contribution in [2.75, 3.05) is 13.7 Å². The van der Waals surface area contributed by atoms with E-state index in [1.54, 1.807) is 31.7 Å². The average molecular weight is 596 g/mol. The second-order valence-electron chi connectivity index (χ2n) is 12.2. The van der Waals surface area contributed by atoms with Crippen LogP contribution in [-0.2, 0) is 16.8 Å². The summed E-state index contributed by atoms with van der Waals surface area (Å²) in [4.78, 5) is 33.6. The van der Waals surface area contributed by atoms with Gasteiger partial charge in [0.2, 0.25) is 5.89 Å². The number of aliphatic hydroxyl groups excluding tert-OH is 2. The molecule has 0 saturated heterocycles. The number of aliphatic hydroxyl groups is 2. The highest BCUT2D eigenvalue weighted by Crippen LogP contribution is 2.47. The summed E-state index contributed by atoms with van der Waals surface area (Å²) >= 11 is 1.28. The summed E-state index contributed by atoms with van der Waals surface area (Å²) in [6.07, 6.45) is 5.46. The number of aromatic nitrogens is 3. The van der Waals surface area contributed by atoms with E-state index in [1.807, 2.05) is 31.2 Å². The number of fused-ring (bicyclic) bond motifs is 2. The molecule has 0 radical (unpaired) electrons. The quantitative estimate of drug-likeness (QED) is 0.294. The fourth-order valence-corrected chi connectivity index (χ4v) is 8.08. The van der Waals surface area contributed by atoms with Gasteiger partial charge in [-0.15, -0.1) is 11.3 Å². The first-order chi connectivity index (χ1) is 20.1. The van der Waals surface area contributed by atoms with Gasteiger partial charge in [-0.05, 0) is 69.9 Å². The maximum atomic E-state index is 14.2. The van der Waals surface area contributed by atoms with Crippen molar-refractivity contribution in [1.29, 1.82) is 0 Å². The third-order valence-electron chi connectivity index (χ3n) is 8.97. The Morgan fingerprint density at radius 2 is 1.88 bits per heavy atom. The number of benzene rings is 1. The first-order valence-electron chi connectivity index (χ1n) is 14.4. The van der Waals surface area contributed by atoms with Crippen molar-refractivity contribution in [2.45, 2.75) is 76.9 Å². The Balaban J connectivity index is 1.51. The van der Waals surface area contributed by atoms with Gasteiger partial charge in [-0.25, -0.2) is 9.78 Å². The number of ether oxygens (including phenoxy) is 2. The number of rotatable bonds is 9. The van der Waals surface area contributed by atoms with Crippen LogP contribution in [-0.4, -0.2) is 50.3 Å². The maximum absolute atomic E-state index is 14.2. The molecule has 0 bridgehead atoms. The molecule has 42 heavy (non-hydrogen) atoms. The SMILES string of the molecule is COc1ccccc1[C@@H](Cn1c(=O)n(C(C)(C)CO)c(=O)c2c(C)c(-c3ncco3)sc21)OC1C[C@H]2CC(O)C[C@H]2C1. The van der Waals surface area contributed by atoms with Crippen LogP contribution in [0.1, 0.15) is 56.8 Å². The van der Waals surface area contributed by atoms with Crippen molar-refractivity contribution < 1.29 is 24.1 Å². The standard InChI is InChI=1S/C31H37N3O7S/c1-17-25-28(37)34(31(2,3)16-35)30(38)33(29(25)42-26(17)27-32-9-10-40-27)15-24(22-7-5-6-8-23(22)39-4)41-21-13-18-11-20(36)12-19(18)14-21/h5-10,18-21,24,35-36H,11-16H2,1-4H3/t18-,19+,20?,21?,24-/m1/s1. The molecule has 1 aromatic carbocycles. The molecule has 2 aliphatic carbocycles. The van der Waals surface area contributed by atoms with Crippen molar-refractivity contribution in [3.63, 3.8) is 0 Å². The van der Waals surface area contributed by atoms with E-state index >= 15 is 0 Å². The van der Waals surface area contributed by atoms with Gasteiger partial charge in [0.25, 0.3) is 5.56 Å². The zero-order valence-corrected chi connectivity index (χ0v) is 25.1. The molecular weight excluding hydrogens is 558 g/mol. The second-order valence-corrected chi connectivity index (χ2v) is 13.2. The third-order valence-corrected chi connectivity index (χ3v) is 10.3. The Kier molecular flexibility index (Phi) is 7.63. The summed E-state index contributed by atoms with van der Waals surface area (Å²) in [5, 5.41) is 20.7. The monoisotopic (exact) mass is 595 g/mol. The largest absolute Gasteiger partial charge is 0.496 e. The van der Waals surface area contributed by atoms with E-state index in [-0.39, 0.29) is 18.8 Å². The van der Waals surface area contributed by atoms with Gasteiger partial charge in [-0.1, -0.05) is 18.2 Å². The van der Waals surface area contributed by atoms with E-state index in [0.717, 1.165) is 35.8 Å². The Labute approximate surface area is 247 Å². The van der Waals surface area contributed by atoms with Crippen LogP contribution in [0.3, 0.4) is 0 Å². The molecule has 0 aliphatic heterocycles. The number of aryl methyl sites for hydroxylation is 1. The van der Waals surface area contributed by atoms with Crippen molar-refractivity contribution in [3.05, 3.63) is 68.7 Å². The molecule has 2 N–H and O–H groups in total. The molecule has 2 unspecified atom stereocenters. The molecule has 3 heterocycles. The fraction of sp³-hybridized carbons (Fsp3) is 0.516. The minimum absolute atomic E-state index is 0.0404. The van der Waals surface area contributed by atoms with Gasteiger partial charge in [-0.2, -0.15) is 0 Å². The minimum atomic E-state index is -1.15. The third kappa shape index (κ3) is 4.92. The summed E-state index contributed by atoms with van der Waals surface area (Å²) < 4.78 is 20.9. The number of hydrogen-bond donors (Lipinski definition) is 2. The number of nitrogens with zero attached hydrogens (tertiary/aromatic N) is 3. The fourth-order valence-electron chi connectivity index (χ4n) is 6.84. The van der Waals surface area contributed by atoms with Crippen molar-refractivity contribution in [2.24, 2.45) is 11.8 Å². The van der Waals surface area contributed by atoms with E-state index in [0.29, 0.717) is 44.1 Å². The number of hydrogen-bond acceptors (Lipinski definition) is 9. The van der Waals surface area contributed by atoms with Crippen molar-refractivity contribution in [3.8, 4) is 16.5 Å². The molecule has 2 aliphatic rings. The molecule has 0 amide bonds. The lowest BCUT2D eigenvalue weighted by Crippen LogP contribution is -2.51. The Morgan fingerprint density at radius 3 is 2.52 bits per heavy atom. The Morgan fingerprint density at radius 1 is 1.17 bits per heavy atom. The van der Waals surface area contributed by atoms with Gasteiger partial charge < -0.3 is 24.1 Å². The predicted molar refractivity (Wildman–Crippen MR) is 159 cm³/mol. The molecule has 5 atom stereocenters. The zero-order chi connectivity index (χ0) is 29.8. The van der Waals surface area contributed by atoms with Crippen LogP contribution in [0.25, 0.3) is 21.0 Å². The highest BCUT2D eigenvalue weighted by molar-refractivity contribution is 7.22. The Hall–Kier alpha value is -3.25. The molecule has 224 valence electrons. The molecule has 10 nitrogen and oxygen atoms in total. The van der Waals surface area contributed by atoms with Crippen LogP contribution in [0.5, 0.6) is 5.75 Å². The number of para-hydroxylation sites is 1. The second kappa shape index (κ2) is 11.1. The van der Waals surface area contributed by atoms with Crippen molar-refractivity contribution in [1.82, 2.24) is 14.1 Å². The van der Waals surface area contributed by atoms with Gasteiger partial charge in [0, 0.05) is 5.56 Å². The highest BCUT2D eigenvalue weighted by Gasteiger charge is 2.42. The van der Waals surface area contributed by atoms with Crippen LogP contribution in [0.15, 0.2) is 50.7 Å². The van der Waals surface area contributed by atoms with Crippen LogP contribution in [0.4, 0.5) is 0 Å². The van der Waals surface area contributed by atoms with Crippen LogP contribution in [0.2, 0.25) is 0 Å². The molecule has 11 heteroatoms. The molecule has 0 spiro atoms. The van der Waals surface area contributed by atoms with Gasteiger partial charge >= 0.3 is 5.69 Å². The summed E-state index contributed by atoms with van der Waals surface area (Å²) in [6.45, 7) is 4.89. The molecule has 6 rings (SSSR count). The topological polar surface area (TPSA) is 129 Å².